The zero-order valence-electron chi connectivity index (χ0n) is 12.6. The van der Waals surface area contributed by atoms with Crippen molar-refractivity contribution in [1.29, 1.82) is 0 Å². The molecule has 0 saturated heterocycles. The van der Waals surface area contributed by atoms with Gasteiger partial charge in [-0.1, -0.05) is 17.7 Å². The van der Waals surface area contributed by atoms with Gasteiger partial charge < -0.3 is 14.8 Å². The van der Waals surface area contributed by atoms with Gasteiger partial charge in [0.25, 0.3) is 5.91 Å². The summed E-state index contributed by atoms with van der Waals surface area (Å²) in [6.45, 7) is 5.27. The highest BCUT2D eigenvalue weighted by Crippen LogP contribution is 2.19. The highest BCUT2D eigenvalue weighted by atomic mass is 16.6. The first kappa shape index (κ1) is 15.4. The third-order valence-corrected chi connectivity index (χ3v) is 3.28. The second kappa shape index (κ2) is 6.61. The first-order chi connectivity index (χ1) is 9.95. The summed E-state index contributed by atoms with van der Waals surface area (Å²) >= 11 is 0. The molecule has 21 heavy (non-hydrogen) atoms. The van der Waals surface area contributed by atoms with Crippen LogP contribution < -0.4 is 10.1 Å². The second-order valence-electron chi connectivity index (χ2n) is 5.47. The largest absolute Gasteiger partial charge is 0.482 e. The second-order valence-corrected chi connectivity index (χ2v) is 5.47. The number of amides is 1. The third-order valence-electron chi connectivity index (χ3n) is 3.28. The smallest absolute Gasteiger partial charge is 0.344 e. The zero-order valence-corrected chi connectivity index (χ0v) is 12.6. The summed E-state index contributed by atoms with van der Waals surface area (Å²) in [6.07, 6.45) is 1.21. The van der Waals surface area contributed by atoms with Gasteiger partial charge in [0.2, 0.25) is 0 Å². The van der Waals surface area contributed by atoms with Crippen LogP contribution in [0.4, 0.5) is 0 Å². The van der Waals surface area contributed by atoms with E-state index in [0.29, 0.717) is 5.75 Å². The van der Waals surface area contributed by atoms with Gasteiger partial charge in [0.1, 0.15) is 5.75 Å². The van der Waals surface area contributed by atoms with E-state index in [1.165, 1.54) is 0 Å². The Hall–Kier alpha value is -2.04. The molecule has 1 saturated carbocycles. The van der Waals surface area contributed by atoms with E-state index in [-0.39, 0.29) is 18.6 Å². The molecule has 5 heteroatoms. The average Bonchev–Trinajstić information content (AvgIpc) is 3.21. The van der Waals surface area contributed by atoms with Crippen LogP contribution in [0, 0.1) is 13.8 Å². The molecule has 2 rings (SSSR count). The molecule has 5 nitrogen and oxygen atoms in total. The van der Waals surface area contributed by atoms with Crippen molar-refractivity contribution < 1.29 is 19.1 Å². The summed E-state index contributed by atoms with van der Waals surface area (Å²) in [5.41, 5.74) is 2.09. The third kappa shape index (κ3) is 4.77. The molecule has 1 atom stereocenters. The van der Waals surface area contributed by atoms with E-state index in [9.17, 15) is 9.59 Å². The Kier molecular flexibility index (Phi) is 4.83. The normalized spacial score (nSPS) is 15.2. The van der Waals surface area contributed by atoms with E-state index < -0.39 is 12.1 Å². The number of ether oxygens (including phenoxy) is 2. The first-order valence-electron chi connectivity index (χ1n) is 7.15. The Morgan fingerprint density at radius 2 is 2.05 bits per heavy atom. The van der Waals surface area contributed by atoms with Crippen molar-refractivity contribution in [2.24, 2.45) is 0 Å². The molecule has 1 aliphatic rings. The molecule has 114 valence electrons. The predicted molar refractivity (Wildman–Crippen MR) is 78.1 cm³/mol. The van der Waals surface area contributed by atoms with Crippen LogP contribution in [0.2, 0.25) is 0 Å². The minimum absolute atomic E-state index is 0.203. The van der Waals surface area contributed by atoms with Crippen LogP contribution in [0.5, 0.6) is 5.75 Å². The summed E-state index contributed by atoms with van der Waals surface area (Å²) in [4.78, 5) is 23.3. The molecule has 1 amide bonds. The van der Waals surface area contributed by atoms with Crippen molar-refractivity contribution in [2.75, 3.05) is 6.61 Å². The molecule has 0 aromatic heterocycles. The van der Waals surface area contributed by atoms with E-state index in [1.807, 2.05) is 32.0 Å². The molecule has 0 aliphatic heterocycles. The number of hydrogen-bond acceptors (Lipinski definition) is 4. The first-order valence-corrected chi connectivity index (χ1v) is 7.15. The molecule has 1 aromatic rings. The van der Waals surface area contributed by atoms with E-state index in [4.69, 9.17) is 9.47 Å². The van der Waals surface area contributed by atoms with E-state index in [0.717, 1.165) is 24.0 Å². The van der Waals surface area contributed by atoms with E-state index in [2.05, 4.69) is 5.32 Å². The van der Waals surface area contributed by atoms with Crippen LogP contribution in [0.15, 0.2) is 18.2 Å². The van der Waals surface area contributed by atoms with Crippen molar-refractivity contribution in [1.82, 2.24) is 5.32 Å². The lowest BCUT2D eigenvalue weighted by molar-refractivity contribution is -0.156. The van der Waals surface area contributed by atoms with Gasteiger partial charge in [-0.15, -0.1) is 0 Å². The van der Waals surface area contributed by atoms with Gasteiger partial charge in [-0.2, -0.15) is 0 Å². The lowest BCUT2D eigenvalue weighted by Crippen LogP contribution is -2.37. The van der Waals surface area contributed by atoms with Crippen LogP contribution in [-0.4, -0.2) is 30.6 Å². The van der Waals surface area contributed by atoms with Gasteiger partial charge in [-0.25, -0.2) is 4.79 Å². The summed E-state index contributed by atoms with van der Waals surface area (Å²) in [7, 11) is 0. The van der Waals surface area contributed by atoms with Gasteiger partial charge >= 0.3 is 5.97 Å². The van der Waals surface area contributed by atoms with Crippen molar-refractivity contribution in [3.63, 3.8) is 0 Å². The standard InChI is InChI=1S/C16H21NO4/c1-10-4-7-14(11(2)8-10)20-9-15(18)21-12(3)16(19)17-13-5-6-13/h4,7-8,12-13H,5-6,9H2,1-3H3,(H,17,19)/t12-/m1/s1. The fraction of sp³-hybridized carbons (Fsp3) is 0.500. The number of rotatable bonds is 6. The highest BCUT2D eigenvalue weighted by Gasteiger charge is 2.27. The van der Waals surface area contributed by atoms with Gasteiger partial charge in [0.15, 0.2) is 12.7 Å². The zero-order chi connectivity index (χ0) is 15.4. The molecule has 1 aliphatic carbocycles. The minimum Gasteiger partial charge on any atom is -0.482 e. The van der Waals surface area contributed by atoms with Gasteiger partial charge in [0, 0.05) is 6.04 Å². The Morgan fingerprint density at radius 1 is 1.33 bits per heavy atom. The SMILES string of the molecule is Cc1ccc(OCC(=O)O[C@H](C)C(=O)NC2CC2)c(C)c1. The van der Waals surface area contributed by atoms with E-state index >= 15 is 0 Å². The number of aryl methyl sites for hydroxylation is 2. The molecular weight excluding hydrogens is 270 g/mol. The monoisotopic (exact) mass is 291 g/mol. The van der Waals surface area contributed by atoms with Crippen LogP contribution in [-0.2, 0) is 14.3 Å². The van der Waals surface area contributed by atoms with Crippen molar-refractivity contribution in [2.45, 2.75) is 45.8 Å². The molecule has 0 unspecified atom stereocenters. The van der Waals surface area contributed by atoms with Gasteiger partial charge in [0.05, 0.1) is 0 Å². The minimum atomic E-state index is -0.791. The summed E-state index contributed by atoms with van der Waals surface area (Å²) in [6, 6.07) is 5.97. The van der Waals surface area contributed by atoms with Crippen molar-refractivity contribution >= 4 is 11.9 Å². The average molecular weight is 291 g/mol. The topological polar surface area (TPSA) is 64.6 Å². The molecule has 0 heterocycles. The fourth-order valence-electron chi connectivity index (χ4n) is 1.93. The Morgan fingerprint density at radius 3 is 2.67 bits per heavy atom. The molecule has 0 spiro atoms. The number of carbonyl (C=O) groups excluding carboxylic acids is 2. The number of hydrogen-bond donors (Lipinski definition) is 1. The van der Waals surface area contributed by atoms with Crippen molar-refractivity contribution in [3.8, 4) is 5.75 Å². The lowest BCUT2D eigenvalue weighted by atomic mass is 10.1. The maximum Gasteiger partial charge on any atom is 0.344 e. The summed E-state index contributed by atoms with van der Waals surface area (Å²) in [5, 5.41) is 2.79. The molecule has 1 fully saturated rings. The molecule has 0 bridgehead atoms. The Labute approximate surface area is 124 Å². The van der Waals surface area contributed by atoms with E-state index in [1.54, 1.807) is 6.92 Å². The number of benzene rings is 1. The maximum atomic E-state index is 11.7. The Balaban J connectivity index is 1.77. The summed E-state index contributed by atoms with van der Waals surface area (Å²) in [5.74, 6) is -0.154. The molecule has 1 N–H and O–H groups in total. The fourth-order valence-corrected chi connectivity index (χ4v) is 1.93. The number of carbonyl (C=O) groups is 2. The number of nitrogens with one attached hydrogen (secondary N) is 1. The number of esters is 1. The highest BCUT2D eigenvalue weighted by molar-refractivity contribution is 5.84. The van der Waals surface area contributed by atoms with Gasteiger partial charge in [-0.05, 0) is 45.2 Å². The Bertz CT molecular complexity index is 537. The van der Waals surface area contributed by atoms with Crippen molar-refractivity contribution in [3.05, 3.63) is 29.3 Å². The molecule has 1 aromatic carbocycles. The summed E-state index contributed by atoms with van der Waals surface area (Å²) < 4.78 is 10.5. The van der Waals surface area contributed by atoms with Gasteiger partial charge in [-0.3, -0.25) is 4.79 Å². The van der Waals surface area contributed by atoms with Crippen LogP contribution in [0.25, 0.3) is 0 Å². The van der Waals surface area contributed by atoms with Crippen LogP contribution in [0.3, 0.4) is 0 Å². The maximum absolute atomic E-state index is 11.7. The molecular formula is C16H21NO4. The predicted octanol–water partition coefficient (Wildman–Crippen LogP) is 1.89. The van der Waals surface area contributed by atoms with Crippen LogP contribution in [0.1, 0.15) is 30.9 Å². The van der Waals surface area contributed by atoms with Crippen LogP contribution >= 0.6 is 0 Å². The molecule has 0 radical (unpaired) electrons. The lowest BCUT2D eigenvalue weighted by Gasteiger charge is -2.14. The quantitative estimate of drug-likeness (QED) is 0.813.